The summed E-state index contributed by atoms with van der Waals surface area (Å²) < 4.78 is 0. The summed E-state index contributed by atoms with van der Waals surface area (Å²) in [5, 5.41) is 3.18. The Morgan fingerprint density at radius 1 is 1.04 bits per heavy atom. The summed E-state index contributed by atoms with van der Waals surface area (Å²) in [6.07, 6.45) is 3.53. The van der Waals surface area contributed by atoms with Crippen LogP contribution in [0.2, 0.25) is 0 Å². The monoisotopic (exact) mass is 367 g/mol. The zero-order valence-corrected chi connectivity index (χ0v) is 16.6. The summed E-state index contributed by atoms with van der Waals surface area (Å²) in [7, 11) is 0. The zero-order valence-electron chi connectivity index (χ0n) is 16.6. The van der Waals surface area contributed by atoms with E-state index in [1.165, 1.54) is 5.56 Å². The van der Waals surface area contributed by atoms with Crippen molar-refractivity contribution in [3.05, 3.63) is 47.8 Å². The molecule has 1 aromatic carbocycles. The van der Waals surface area contributed by atoms with Gasteiger partial charge in [-0.3, -0.25) is 9.69 Å². The molecule has 3 rings (SSSR count). The van der Waals surface area contributed by atoms with Gasteiger partial charge in [0, 0.05) is 44.3 Å². The minimum Gasteiger partial charge on any atom is -0.338 e. The maximum Gasteiger partial charge on any atom is 0.241 e. The summed E-state index contributed by atoms with van der Waals surface area (Å²) >= 11 is 0. The number of aromatic nitrogens is 2. The van der Waals surface area contributed by atoms with E-state index in [0.29, 0.717) is 5.92 Å². The number of benzene rings is 1. The highest BCUT2D eigenvalue weighted by Gasteiger charge is 2.27. The van der Waals surface area contributed by atoms with Crippen LogP contribution in [0.3, 0.4) is 0 Å². The summed E-state index contributed by atoms with van der Waals surface area (Å²) in [5.41, 5.74) is 3.25. The van der Waals surface area contributed by atoms with Gasteiger partial charge >= 0.3 is 0 Å². The molecule has 2 heterocycles. The van der Waals surface area contributed by atoms with Crippen LogP contribution < -0.4 is 10.2 Å². The molecule has 1 aliphatic rings. The number of nitrogens with one attached hydrogen (secondary N) is 1. The summed E-state index contributed by atoms with van der Waals surface area (Å²) in [5.74, 6) is 1.18. The third kappa shape index (κ3) is 4.45. The summed E-state index contributed by atoms with van der Waals surface area (Å²) in [6, 6.07) is 7.84. The molecule has 1 N–H and O–H groups in total. The Morgan fingerprint density at radius 2 is 1.70 bits per heavy atom. The Kier molecular flexibility index (Phi) is 6.06. The van der Waals surface area contributed by atoms with Gasteiger partial charge in [-0.25, -0.2) is 9.97 Å². The SMILES string of the molecule is Cc1cccc(C(C)C)c1NC(=O)[C@H](C)N1CCN(c2ncccn2)CC1. The Labute approximate surface area is 161 Å². The van der Waals surface area contributed by atoms with Gasteiger partial charge in [-0.05, 0) is 37.0 Å². The van der Waals surface area contributed by atoms with Crippen LogP contribution in [-0.4, -0.2) is 53.0 Å². The van der Waals surface area contributed by atoms with E-state index in [0.717, 1.165) is 43.4 Å². The lowest BCUT2D eigenvalue weighted by Crippen LogP contribution is -2.53. The van der Waals surface area contributed by atoms with Crippen molar-refractivity contribution in [3.8, 4) is 0 Å². The Morgan fingerprint density at radius 3 is 2.33 bits per heavy atom. The molecule has 0 aliphatic carbocycles. The normalized spacial score (nSPS) is 16.4. The standard InChI is InChI=1S/C21H29N5O/c1-15(2)18-8-5-7-16(3)19(18)24-20(27)17(4)25-11-13-26(14-12-25)21-22-9-6-10-23-21/h5-10,15,17H,11-14H2,1-4H3,(H,24,27)/t17-/m0/s1. The highest BCUT2D eigenvalue weighted by molar-refractivity contribution is 5.96. The Hall–Kier alpha value is -2.47. The molecular formula is C21H29N5O. The maximum absolute atomic E-state index is 12.9. The van der Waals surface area contributed by atoms with Crippen LogP contribution in [0.5, 0.6) is 0 Å². The van der Waals surface area contributed by atoms with Crippen LogP contribution in [0, 0.1) is 6.92 Å². The average molecular weight is 367 g/mol. The van der Waals surface area contributed by atoms with Crippen LogP contribution in [0.4, 0.5) is 11.6 Å². The fourth-order valence-electron chi connectivity index (χ4n) is 3.50. The first kappa shape index (κ1) is 19.3. The molecule has 1 saturated heterocycles. The van der Waals surface area contributed by atoms with Gasteiger partial charge in [-0.15, -0.1) is 0 Å². The maximum atomic E-state index is 12.9. The second-order valence-electron chi connectivity index (χ2n) is 7.43. The smallest absolute Gasteiger partial charge is 0.241 e. The molecule has 1 aliphatic heterocycles. The van der Waals surface area contributed by atoms with Gasteiger partial charge in [0.15, 0.2) is 0 Å². The third-order valence-corrected chi connectivity index (χ3v) is 5.25. The highest BCUT2D eigenvalue weighted by Crippen LogP contribution is 2.27. The molecular weight excluding hydrogens is 338 g/mol. The number of rotatable bonds is 5. The molecule has 0 unspecified atom stereocenters. The number of piperazine rings is 1. The molecule has 1 fully saturated rings. The molecule has 6 nitrogen and oxygen atoms in total. The fourth-order valence-corrected chi connectivity index (χ4v) is 3.50. The molecule has 0 bridgehead atoms. The van der Waals surface area contributed by atoms with E-state index in [1.807, 2.05) is 26.0 Å². The van der Waals surface area contributed by atoms with Crippen molar-refractivity contribution in [2.24, 2.45) is 0 Å². The Bertz CT molecular complexity index is 769. The number of amides is 1. The quantitative estimate of drug-likeness (QED) is 0.880. The first-order valence-corrected chi connectivity index (χ1v) is 9.63. The van der Waals surface area contributed by atoms with E-state index in [9.17, 15) is 4.79 Å². The van der Waals surface area contributed by atoms with Crippen molar-refractivity contribution in [2.45, 2.75) is 39.7 Å². The van der Waals surface area contributed by atoms with Crippen molar-refractivity contribution >= 4 is 17.5 Å². The Balaban J connectivity index is 1.62. The van der Waals surface area contributed by atoms with Gasteiger partial charge in [0.2, 0.25) is 11.9 Å². The van der Waals surface area contributed by atoms with Crippen molar-refractivity contribution in [2.75, 3.05) is 36.4 Å². The van der Waals surface area contributed by atoms with Gasteiger partial charge in [0.25, 0.3) is 0 Å². The highest BCUT2D eigenvalue weighted by atomic mass is 16.2. The van der Waals surface area contributed by atoms with Crippen LogP contribution >= 0.6 is 0 Å². The van der Waals surface area contributed by atoms with Crippen LogP contribution in [0.15, 0.2) is 36.7 Å². The fraction of sp³-hybridized carbons (Fsp3) is 0.476. The molecule has 1 aromatic heterocycles. The predicted octanol–water partition coefficient (Wildman–Crippen LogP) is 3.06. The van der Waals surface area contributed by atoms with E-state index >= 15 is 0 Å². The molecule has 1 atom stereocenters. The molecule has 0 saturated carbocycles. The lowest BCUT2D eigenvalue weighted by atomic mass is 9.98. The number of aryl methyl sites for hydroxylation is 1. The van der Waals surface area contributed by atoms with E-state index in [4.69, 9.17) is 0 Å². The van der Waals surface area contributed by atoms with E-state index in [1.54, 1.807) is 12.4 Å². The number of carbonyl (C=O) groups excluding carboxylic acids is 1. The minimum atomic E-state index is -0.177. The number of para-hydroxylation sites is 1. The van der Waals surface area contributed by atoms with Crippen LogP contribution in [0.1, 0.15) is 37.8 Å². The molecule has 2 aromatic rings. The molecule has 27 heavy (non-hydrogen) atoms. The van der Waals surface area contributed by atoms with Crippen LogP contribution in [0.25, 0.3) is 0 Å². The molecule has 144 valence electrons. The second kappa shape index (κ2) is 8.48. The van der Waals surface area contributed by atoms with E-state index in [-0.39, 0.29) is 11.9 Å². The van der Waals surface area contributed by atoms with Gasteiger partial charge in [-0.2, -0.15) is 0 Å². The lowest BCUT2D eigenvalue weighted by Gasteiger charge is -2.37. The van der Waals surface area contributed by atoms with Crippen molar-refractivity contribution in [3.63, 3.8) is 0 Å². The number of carbonyl (C=O) groups is 1. The van der Waals surface area contributed by atoms with Gasteiger partial charge in [0.1, 0.15) is 0 Å². The minimum absolute atomic E-state index is 0.0515. The van der Waals surface area contributed by atoms with Gasteiger partial charge in [-0.1, -0.05) is 32.0 Å². The van der Waals surface area contributed by atoms with E-state index < -0.39 is 0 Å². The van der Waals surface area contributed by atoms with Crippen molar-refractivity contribution in [1.29, 1.82) is 0 Å². The molecule has 1 amide bonds. The van der Waals surface area contributed by atoms with Crippen molar-refractivity contribution < 1.29 is 4.79 Å². The largest absolute Gasteiger partial charge is 0.338 e. The lowest BCUT2D eigenvalue weighted by molar-refractivity contribution is -0.120. The second-order valence-corrected chi connectivity index (χ2v) is 7.43. The summed E-state index contributed by atoms with van der Waals surface area (Å²) in [6.45, 7) is 11.6. The van der Waals surface area contributed by atoms with Gasteiger partial charge < -0.3 is 10.2 Å². The number of nitrogens with zero attached hydrogens (tertiary/aromatic N) is 4. The number of hydrogen-bond donors (Lipinski definition) is 1. The topological polar surface area (TPSA) is 61.4 Å². The third-order valence-electron chi connectivity index (χ3n) is 5.25. The average Bonchev–Trinajstić information content (AvgIpc) is 2.69. The number of anilines is 2. The summed E-state index contributed by atoms with van der Waals surface area (Å²) in [4.78, 5) is 25.9. The first-order chi connectivity index (χ1) is 13.0. The van der Waals surface area contributed by atoms with Crippen LogP contribution in [-0.2, 0) is 4.79 Å². The molecule has 0 radical (unpaired) electrons. The first-order valence-electron chi connectivity index (χ1n) is 9.63. The zero-order chi connectivity index (χ0) is 19.4. The van der Waals surface area contributed by atoms with E-state index in [2.05, 4.69) is 51.1 Å². The molecule has 6 heteroatoms. The predicted molar refractivity (Wildman–Crippen MR) is 109 cm³/mol. The molecule has 0 spiro atoms. The van der Waals surface area contributed by atoms with Crippen molar-refractivity contribution in [1.82, 2.24) is 14.9 Å². The van der Waals surface area contributed by atoms with Gasteiger partial charge in [0.05, 0.1) is 6.04 Å². The number of hydrogen-bond acceptors (Lipinski definition) is 5.